The molecule has 2 aliphatic heterocycles. The minimum Gasteiger partial charge on any atom is -0.445 e. The van der Waals surface area contributed by atoms with E-state index in [9.17, 15) is 9.59 Å². The van der Waals surface area contributed by atoms with Crippen LogP contribution in [-0.2, 0) is 9.47 Å². The van der Waals surface area contributed by atoms with Crippen molar-refractivity contribution in [2.24, 2.45) is 0 Å². The van der Waals surface area contributed by atoms with Gasteiger partial charge in [-0.15, -0.1) is 5.92 Å². The second-order valence-electron chi connectivity index (χ2n) is 11.9. The predicted octanol–water partition coefficient (Wildman–Crippen LogP) is 4.36. The fraction of sp³-hybridized carbons (Fsp3) is 0.655. The number of anilines is 1. The summed E-state index contributed by atoms with van der Waals surface area (Å²) in [6.07, 6.45) is 5.39. The van der Waals surface area contributed by atoms with E-state index in [1.165, 1.54) is 0 Å². The van der Waals surface area contributed by atoms with Gasteiger partial charge < -0.3 is 14.4 Å². The minimum absolute atomic E-state index is 0.110. The highest BCUT2D eigenvalue weighted by atomic mass is 16.6. The molecule has 2 aromatic rings. The van der Waals surface area contributed by atoms with Gasteiger partial charge in [0.05, 0.1) is 12.7 Å². The van der Waals surface area contributed by atoms with Crippen LogP contribution in [0.5, 0.6) is 0 Å². The summed E-state index contributed by atoms with van der Waals surface area (Å²) in [4.78, 5) is 37.1. The highest BCUT2D eigenvalue weighted by Gasteiger charge is 2.37. The second-order valence-corrected chi connectivity index (χ2v) is 11.9. The standard InChI is InChI=1S/C29H40N6O4/c1-6-7-13-32-14-12-23(19-32)38-27(36)33-15-10-22(11-16-33)34(28(37)39-29(3,4)5)25-17-20(2)31-26-24(21-8-9-21)18-30-35(25)26/h17-18,21-23H,8-16,19H2,1-5H3. The smallest absolute Gasteiger partial charge is 0.416 e. The van der Waals surface area contributed by atoms with Crippen LogP contribution in [0.1, 0.15) is 77.0 Å². The van der Waals surface area contributed by atoms with Crippen LogP contribution in [0.2, 0.25) is 0 Å². The molecule has 2 aromatic heterocycles. The molecule has 2 amide bonds. The summed E-state index contributed by atoms with van der Waals surface area (Å²) in [5.41, 5.74) is 2.11. The molecule has 0 N–H and O–H groups in total. The number of likely N-dealkylation sites (tertiary alicyclic amines) is 2. The van der Waals surface area contributed by atoms with Gasteiger partial charge in [-0.05, 0) is 72.6 Å². The van der Waals surface area contributed by atoms with Crippen LogP contribution >= 0.6 is 0 Å². The first-order chi connectivity index (χ1) is 18.6. The van der Waals surface area contributed by atoms with Gasteiger partial charge in [-0.2, -0.15) is 9.61 Å². The SMILES string of the molecule is CC#CCN1CCC(OC(=O)N2CCC(N(C(=O)OC(C)(C)C)c3cc(C)nc4c(C5CC5)cnn34)CC2)C1. The largest absolute Gasteiger partial charge is 0.445 e. The first kappa shape index (κ1) is 27.3. The molecule has 4 heterocycles. The Labute approximate surface area is 230 Å². The molecular formula is C29H40N6O4. The van der Waals surface area contributed by atoms with Gasteiger partial charge in [0.1, 0.15) is 17.5 Å². The van der Waals surface area contributed by atoms with E-state index >= 15 is 0 Å². The Morgan fingerprint density at radius 2 is 1.87 bits per heavy atom. The topological polar surface area (TPSA) is 92.5 Å². The monoisotopic (exact) mass is 536 g/mol. The fourth-order valence-corrected chi connectivity index (χ4v) is 5.43. The highest BCUT2D eigenvalue weighted by Crippen LogP contribution is 2.42. The second kappa shape index (κ2) is 11.0. The summed E-state index contributed by atoms with van der Waals surface area (Å²) in [6, 6.07) is 1.74. The number of piperidine rings is 1. The number of aromatic nitrogens is 3. The molecule has 1 aliphatic carbocycles. The molecule has 3 aliphatic rings. The molecule has 210 valence electrons. The van der Waals surface area contributed by atoms with Crippen LogP contribution in [0, 0.1) is 18.8 Å². The molecule has 1 atom stereocenters. The van der Waals surface area contributed by atoms with Crippen molar-refractivity contribution in [3.8, 4) is 11.8 Å². The Morgan fingerprint density at radius 1 is 1.13 bits per heavy atom. The number of aryl methyl sites for hydroxylation is 1. The van der Waals surface area contributed by atoms with Gasteiger partial charge in [-0.1, -0.05) is 5.92 Å². The molecule has 2 saturated heterocycles. The molecule has 1 saturated carbocycles. The van der Waals surface area contributed by atoms with E-state index in [1.807, 2.05) is 46.9 Å². The van der Waals surface area contributed by atoms with Crippen molar-refractivity contribution in [1.82, 2.24) is 24.4 Å². The number of fused-ring (bicyclic) bond motifs is 1. The van der Waals surface area contributed by atoms with Crippen LogP contribution in [0.3, 0.4) is 0 Å². The van der Waals surface area contributed by atoms with E-state index in [0.717, 1.165) is 42.7 Å². The zero-order valence-electron chi connectivity index (χ0n) is 23.8. The van der Waals surface area contributed by atoms with Crippen molar-refractivity contribution < 1.29 is 19.1 Å². The van der Waals surface area contributed by atoms with Gasteiger partial charge in [0.15, 0.2) is 5.65 Å². The van der Waals surface area contributed by atoms with Gasteiger partial charge in [-0.25, -0.2) is 14.6 Å². The molecule has 1 unspecified atom stereocenters. The molecular weight excluding hydrogens is 496 g/mol. The minimum atomic E-state index is -0.651. The molecule has 3 fully saturated rings. The van der Waals surface area contributed by atoms with Crippen LogP contribution in [-0.4, -0.2) is 87.1 Å². The lowest BCUT2D eigenvalue weighted by atomic mass is 10.0. The third kappa shape index (κ3) is 6.30. The maximum absolute atomic E-state index is 13.6. The maximum Gasteiger partial charge on any atom is 0.416 e. The number of hydrogen-bond acceptors (Lipinski definition) is 7. The summed E-state index contributed by atoms with van der Waals surface area (Å²) < 4.78 is 13.5. The summed E-state index contributed by atoms with van der Waals surface area (Å²) in [6.45, 7) is 12.7. The molecule has 0 spiro atoms. The Bertz CT molecular complexity index is 1280. The van der Waals surface area contributed by atoms with Crippen LogP contribution in [0.25, 0.3) is 5.65 Å². The molecule has 0 bridgehead atoms. The van der Waals surface area contributed by atoms with Crippen molar-refractivity contribution in [3.63, 3.8) is 0 Å². The van der Waals surface area contributed by atoms with Gasteiger partial charge in [0.25, 0.3) is 0 Å². The zero-order valence-corrected chi connectivity index (χ0v) is 23.8. The van der Waals surface area contributed by atoms with E-state index in [1.54, 1.807) is 14.3 Å². The average Bonchev–Trinajstić information content (AvgIpc) is 3.47. The third-order valence-corrected chi connectivity index (χ3v) is 7.53. The molecule has 0 aromatic carbocycles. The van der Waals surface area contributed by atoms with Crippen molar-refractivity contribution in [3.05, 3.63) is 23.5 Å². The molecule has 5 rings (SSSR count). The van der Waals surface area contributed by atoms with E-state index in [0.29, 0.717) is 50.8 Å². The lowest BCUT2D eigenvalue weighted by Crippen LogP contribution is -2.51. The maximum atomic E-state index is 13.6. The molecule has 10 nitrogen and oxygen atoms in total. The zero-order chi connectivity index (χ0) is 27.7. The van der Waals surface area contributed by atoms with Crippen LogP contribution < -0.4 is 4.90 Å². The summed E-state index contributed by atoms with van der Waals surface area (Å²) in [5, 5.41) is 4.65. The van der Waals surface area contributed by atoms with Crippen molar-refractivity contribution in [2.75, 3.05) is 37.6 Å². The number of rotatable bonds is 5. The number of ether oxygens (including phenoxy) is 2. The quantitative estimate of drug-likeness (QED) is 0.525. The number of nitrogens with zero attached hydrogens (tertiary/aromatic N) is 6. The first-order valence-electron chi connectivity index (χ1n) is 14.1. The highest BCUT2D eigenvalue weighted by molar-refractivity contribution is 5.88. The van der Waals surface area contributed by atoms with E-state index in [2.05, 4.69) is 21.8 Å². The van der Waals surface area contributed by atoms with Crippen LogP contribution in [0.4, 0.5) is 15.4 Å². The van der Waals surface area contributed by atoms with Crippen molar-refractivity contribution >= 4 is 23.7 Å². The van der Waals surface area contributed by atoms with Crippen LogP contribution in [0.15, 0.2) is 12.3 Å². The van der Waals surface area contributed by atoms with E-state index in [-0.39, 0.29) is 18.2 Å². The summed E-state index contributed by atoms with van der Waals surface area (Å²) in [7, 11) is 0. The van der Waals surface area contributed by atoms with Gasteiger partial charge in [0, 0.05) is 49.5 Å². The molecule has 10 heteroatoms. The van der Waals surface area contributed by atoms with Crippen molar-refractivity contribution in [1.29, 1.82) is 0 Å². The molecule has 39 heavy (non-hydrogen) atoms. The van der Waals surface area contributed by atoms with Gasteiger partial charge >= 0.3 is 12.2 Å². The fourth-order valence-electron chi connectivity index (χ4n) is 5.43. The average molecular weight is 537 g/mol. The number of carbonyl (C=O) groups excluding carboxylic acids is 2. The number of carbonyl (C=O) groups is 2. The lowest BCUT2D eigenvalue weighted by molar-refractivity contribution is 0.0507. The number of amides is 2. The summed E-state index contributed by atoms with van der Waals surface area (Å²) in [5.74, 6) is 7.13. The molecule has 0 radical (unpaired) electrons. The van der Waals surface area contributed by atoms with Gasteiger partial charge in [-0.3, -0.25) is 9.80 Å². The predicted molar refractivity (Wildman–Crippen MR) is 148 cm³/mol. The Morgan fingerprint density at radius 3 is 2.54 bits per heavy atom. The Hall–Kier alpha value is -3.32. The normalized spacial score (nSPS) is 20.5. The lowest BCUT2D eigenvalue weighted by Gasteiger charge is -2.38. The van der Waals surface area contributed by atoms with Gasteiger partial charge in [0.2, 0.25) is 0 Å². The Balaban J connectivity index is 1.31. The van der Waals surface area contributed by atoms with Crippen molar-refractivity contribution in [2.45, 2.75) is 90.4 Å². The third-order valence-electron chi connectivity index (χ3n) is 7.53. The van der Waals surface area contributed by atoms with E-state index in [4.69, 9.17) is 14.5 Å². The number of hydrogen-bond donors (Lipinski definition) is 0. The first-order valence-corrected chi connectivity index (χ1v) is 14.1. The van der Waals surface area contributed by atoms with E-state index < -0.39 is 11.7 Å². The Kier molecular flexibility index (Phi) is 7.72. The summed E-state index contributed by atoms with van der Waals surface area (Å²) >= 11 is 0.